The fourth-order valence-electron chi connectivity index (χ4n) is 1.96. The fourth-order valence-corrected chi connectivity index (χ4v) is 1.96. The minimum Gasteiger partial charge on any atom is -0.358 e. The number of nitrogens with one attached hydrogen (secondary N) is 2. The van der Waals surface area contributed by atoms with Crippen LogP contribution in [0.1, 0.15) is 32.1 Å². The van der Waals surface area contributed by atoms with Crippen molar-refractivity contribution >= 4 is 11.8 Å². The van der Waals surface area contributed by atoms with Gasteiger partial charge in [-0.05, 0) is 12.8 Å². The van der Waals surface area contributed by atoms with E-state index in [0.717, 1.165) is 19.3 Å². The van der Waals surface area contributed by atoms with Crippen LogP contribution in [0.2, 0.25) is 0 Å². The van der Waals surface area contributed by atoms with E-state index in [0.29, 0.717) is 12.8 Å². The Hall–Kier alpha value is -1.57. The van der Waals surface area contributed by atoms with E-state index in [-0.39, 0.29) is 18.4 Å². The van der Waals surface area contributed by atoms with Crippen LogP contribution >= 0.6 is 0 Å². The zero-order chi connectivity index (χ0) is 12.0. The largest absolute Gasteiger partial charge is 0.358 e. The second-order valence-electron chi connectivity index (χ2n) is 4.11. The topological polar surface area (TPSA) is 82.0 Å². The third-order valence-corrected chi connectivity index (χ3v) is 3.04. The van der Waals surface area contributed by atoms with Gasteiger partial charge < -0.3 is 10.6 Å². The van der Waals surface area contributed by atoms with E-state index in [2.05, 4.69) is 16.7 Å². The van der Waals surface area contributed by atoms with Crippen LogP contribution in [0, 0.1) is 16.7 Å². The number of carbonyl (C=O) groups is 2. The second kappa shape index (κ2) is 5.50. The number of likely N-dealkylation sites (N-methyl/N-ethyl adjacent to an activating group) is 1. The average Bonchev–Trinajstić information content (AvgIpc) is 2.36. The molecule has 1 saturated carbocycles. The summed E-state index contributed by atoms with van der Waals surface area (Å²) >= 11 is 0. The van der Waals surface area contributed by atoms with Crippen LogP contribution in [0.4, 0.5) is 0 Å². The smallest absolute Gasteiger partial charge is 0.240 e. The van der Waals surface area contributed by atoms with Crippen molar-refractivity contribution in [3.63, 3.8) is 0 Å². The Bertz CT molecular complexity index is 314. The molecule has 0 aromatic rings. The summed E-state index contributed by atoms with van der Waals surface area (Å²) in [7, 11) is 1.51. The maximum atomic E-state index is 11.9. The summed E-state index contributed by atoms with van der Waals surface area (Å²) in [6.45, 7) is -0.0568. The quantitative estimate of drug-likeness (QED) is 0.723. The SMILES string of the molecule is CNC(=O)CNC(=O)C1(C#N)CCCCC1. The molecule has 0 aromatic carbocycles. The molecule has 1 fully saturated rings. The molecule has 1 rings (SSSR count). The predicted octanol–water partition coefficient (Wildman–Crippen LogP) is 0.323. The van der Waals surface area contributed by atoms with Crippen LogP contribution in [-0.4, -0.2) is 25.4 Å². The van der Waals surface area contributed by atoms with Crippen molar-refractivity contribution in [2.24, 2.45) is 5.41 Å². The molecule has 0 radical (unpaired) electrons. The first kappa shape index (κ1) is 12.5. The maximum Gasteiger partial charge on any atom is 0.240 e. The summed E-state index contributed by atoms with van der Waals surface area (Å²) in [4.78, 5) is 22.8. The fraction of sp³-hybridized carbons (Fsp3) is 0.727. The van der Waals surface area contributed by atoms with Crippen molar-refractivity contribution in [2.75, 3.05) is 13.6 Å². The maximum absolute atomic E-state index is 11.9. The molecule has 1 aliphatic carbocycles. The summed E-state index contributed by atoms with van der Waals surface area (Å²) in [6.07, 6.45) is 4.08. The highest BCUT2D eigenvalue weighted by Crippen LogP contribution is 2.35. The summed E-state index contributed by atoms with van der Waals surface area (Å²) in [5, 5.41) is 14.1. The summed E-state index contributed by atoms with van der Waals surface area (Å²) in [5.41, 5.74) is -0.910. The molecule has 0 unspecified atom stereocenters. The molecule has 5 heteroatoms. The molecule has 1 aliphatic rings. The Kier molecular flexibility index (Phi) is 4.29. The molecule has 2 amide bonds. The van der Waals surface area contributed by atoms with E-state index in [4.69, 9.17) is 5.26 Å². The predicted molar refractivity (Wildman–Crippen MR) is 58.2 cm³/mol. The van der Waals surface area contributed by atoms with Crippen LogP contribution in [0.3, 0.4) is 0 Å². The monoisotopic (exact) mass is 223 g/mol. The molecular weight excluding hydrogens is 206 g/mol. The Balaban J connectivity index is 2.56. The number of carbonyl (C=O) groups excluding carboxylic acids is 2. The minimum absolute atomic E-state index is 0.0568. The molecule has 0 bridgehead atoms. The molecule has 5 nitrogen and oxygen atoms in total. The van der Waals surface area contributed by atoms with Gasteiger partial charge in [0.1, 0.15) is 5.41 Å². The van der Waals surface area contributed by atoms with Gasteiger partial charge in [-0.15, -0.1) is 0 Å². The molecule has 0 saturated heterocycles. The lowest BCUT2D eigenvalue weighted by Gasteiger charge is -2.28. The van der Waals surface area contributed by atoms with Crippen molar-refractivity contribution in [1.29, 1.82) is 5.26 Å². The van der Waals surface area contributed by atoms with Gasteiger partial charge in [-0.1, -0.05) is 19.3 Å². The van der Waals surface area contributed by atoms with E-state index < -0.39 is 5.41 Å². The van der Waals surface area contributed by atoms with E-state index in [9.17, 15) is 9.59 Å². The zero-order valence-electron chi connectivity index (χ0n) is 9.51. The number of rotatable bonds is 3. The number of amides is 2. The van der Waals surface area contributed by atoms with Crippen LogP contribution in [0.15, 0.2) is 0 Å². The molecule has 0 aliphatic heterocycles. The summed E-state index contributed by atoms with van der Waals surface area (Å²) < 4.78 is 0. The standard InChI is InChI=1S/C11H17N3O2/c1-13-9(15)7-14-10(16)11(8-12)5-3-2-4-6-11/h2-7H2,1H3,(H,13,15)(H,14,16). The van der Waals surface area contributed by atoms with E-state index in [1.54, 1.807) is 0 Å². The number of nitriles is 1. The van der Waals surface area contributed by atoms with Gasteiger partial charge >= 0.3 is 0 Å². The molecular formula is C11H17N3O2. The lowest BCUT2D eigenvalue weighted by molar-refractivity contribution is -0.132. The van der Waals surface area contributed by atoms with Crippen molar-refractivity contribution in [2.45, 2.75) is 32.1 Å². The van der Waals surface area contributed by atoms with Crippen molar-refractivity contribution in [1.82, 2.24) is 10.6 Å². The molecule has 16 heavy (non-hydrogen) atoms. The first-order chi connectivity index (χ1) is 7.64. The highest BCUT2D eigenvalue weighted by molar-refractivity contribution is 5.89. The lowest BCUT2D eigenvalue weighted by atomic mass is 9.74. The molecule has 2 N–H and O–H groups in total. The third kappa shape index (κ3) is 2.72. The Morgan fingerprint density at radius 2 is 1.94 bits per heavy atom. The summed E-state index contributed by atoms with van der Waals surface area (Å²) in [5.74, 6) is -0.560. The minimum atomic E-state index is -0.910. The molecule has 0 aromatic heterocycles. The van der Waals surface area contributed by atoms with Gasteiger partial charge in [0.25, 0.3) is 0 Å². The highest BCUT2D eigenvalue weighted by Gasteiger charge is 2.39. The van der Waals surface area contributed by atoms with Gasteiger partial charge in [-0.25, -0.2) is 0 Å². The normalized spacial score (nSPS) is 18.2. The highest BCUT2D eigenvalue weighted by atomic mass is 16.2. The lowest BCUT2D eigenvalue weighted by Crippen LogP contribution is -2.44. The Morgan fingerprint density at radius 1 is 1.31 bits per heavy atom. The van der Waals surface area contributed by atoms with E-state index >= 15 is 0 Å². The first-order valence-corrected chi connectivity index (χ1v) is 5.55. The van der Waals surface area contributed by atoms with Gasteiger partial charge in [0, 0.05) is 7.05 Å². The number of hydrogen-bond acceptors (Lipinski definition) is 3. The molecule has 0 atom stereocenters. The Labute approximate surface area is 95.2 Å². The molecule has 0 spiro atoms. The second-order valence-corrected chi connectivity index (χ2v) is 4.11. The van der Waals surface area contributed by atoms with Gasteiger partial charge in [-0.2, -0.15) is 5.26 Å². The van der Waals surface area contributed by atoms with Crippen molar-refractivity contribution < 1.29 is 9.59 Å². The Morgan fingerprint density at radius 3 is 2.44 bits per heavy atom. The van der Waals surface area contributed by atoms with E-state index in [1.165, 1.54) is 7.05 Å². The van der Waals surface area contributed by atoms with Crippen molar-refractivity contribution in [3.05, 3.63) is 0 Å². The average molecular weight is 223 g/mol. The van der Waals surface area contributed by atoms with Crippen LogP contribution < -0.4 is 10.6 Å². The van der Waals surface area contributed by atoms with Crippen LogP contribution in [0.25, 0.3) is 0 Å². The van der Waals surface area contributed by atoms with Gasteiger partial charge in [0.2, 0.25) is 11.8 Å². The molecule has 0 heterocycles. The van der Waals surface area contributed by atoms with Crippen molar-refractivity contribution in [3.8, 4) is 6.07 Å². The van der Waals surface area contributed by atoms with Crippen LogP contribution in [-0.2, 0) is 9.59 Å². The van der Waals surface area contributed by atoms with Crippen LogP contribution in [0.5, 0.6) is 0 Å². The van der Waals surface area contributed by atoms with Gasteiger partial charge in [0.05, 0.1) is 12.6 Å². The summed E-state index contributed by atoms with van der Waals surface area (Å²) in [6, 6.07) is 2.12. The number of nitrogens with zero attached hydrogens (tertiary/aromatic N) is 1. The zero-order valence-corrected chi connectivity index (χ0v) is 9.51. The number of hydrogen-bond donors (Lipinski definition) is 2. The third-order valence-electron chi connectivity index (χ3n) is 3.04. The molecule has 88 valence electrons. The first-order valence-electron chi connectivity index (χ1n) is 5.55. The van der Waals surface area contributed by atoms with E-state index in [1.807, 2.05) is 0 Å². The van der Waals surface area contributed by atoms with Gasteiger partial charge in [0.15, 0.2) is 0 Å². The van der Waals surface area contributed by atoms with Gasteiger partial charge in [-0.3, -0.25) is 9.59 Å².